The molecule has 0 radical (unpaired) electrons. The molecule has 0 aliphatic heterocycles. The SMILES string of the molecule is Cc1c(NC(N)=S)ccc(F)c1F. The topological polar surface area (TPSA) is 38.0 Å². The molecule has 3 N–H and O–H groups in total. The van der Waals surface area contributed by atoms with Crippen LogP contribution in [-0.2, 0) is 0 Å². The zero-order valence-electron chi connectivity index (χ0n) is 6.90. The van der Waals surface area contributed by atoms with E-state index in [0.29, 0.717) is 5.69 Å². The molecule has 0 saturated heterocycles. The van der Waals surface area contributed by atoms with Gasteiger partial charge < -0.3 is 11.1 Å². The third-order valence-corrected chi connectivity index (χ3v) is 1.70. The second kappa shape index (κ2) is 3.66. The molecular formula is C8H8F2N2S. The van der Waals surface area contributed by atoms with Crippen molar-refractivity contribution < 1.29 is 8.78 Å². The molecule has 13 heavy (non-hydrogen) atoms. The highest BCUT2D eigenvalue weighted by Gasteiger charge is 2.08. The van der Waals surface area contributed by atoms with Gasteiger partial charge in [-0.3, -0.25) is 0 Å². The van der Waals surface area contributed by atoms with Crippen molar-refractivity contribution in [3.05, 3.63) is 29.3 Å². The van der Waals surface area contributed by atoms with Crippen LogP contribution in [0.2, 0.25) is 0 Å². The molecule has 1 rings (SSSR count). The van der Waals surface area contributed by atoms with E-state index in [2.05, 4.69) is 17.5 Å². The van der Waals surface area contributed by atoms with E-state index in [0.717, 1.165) is 6.07 Å². The summed E-state index contributed by atoms with van der Waals surface area (Å²) in [5, 5.41) is 2.57. The average Bonchev–Trinajstić information content (AvgIpc) is 2.06. The predicted octanol–water partition coefficient (Wildman–Crippen LogP) is 1.93. The van der Waals surface area contributed by atoms with Gasteiger partial charge in [0, 0.05) is 11.3 Å². The first kappa shape index (κ1) is 9.85. The third-order valence-electron chi connectivity index (χ3n) is 1.60. The van der Waals surface area contributed by atoms with Crippen LogP contribution < -0.4 is 11.1 Å². The Morgan fingerprint density at radius 3 is 2.62 bits per heavy atom. The second-order valence-electron chi connectivity index (χ2n) is 2.52. The summed E-state index contributed by atoms with van der Waals surface area (Å²) in [5.74, 6) is -1.77. The van der Waals surface area contributed by atoms with Crippen LogP contribution in [0.4, 0.5) is 14.5 Å². The molecule has 0 saturated carbocycles. The molecule has 0 unspecified atom stereocenters. The highest BCUT2D eigenvalue weighted by Crippen LogP contribution is 2.19. The van der Waals surface area contributed by atoms with Gasteiger partial charge in [0.15, 0.2) is 16.7 Å². The number of hydrogen-bond acceptors (Lipinski definition) is 1. The largest absolute Gasteiger partial charge is 0.376 e. The Kier molecular flexibility index (Phi) is 2.77. The van der Waals surface area contributed by atoms with Gasteiger partial charge in [-0.05, 0) is 31.3 Å². The lowest BCUT2D eigenvalue weighted by Crippen LogP contribution is -2.19. The normalized spacial score (nSPS) is 9.77. The van der Waals surface area contributed by atoms with Crippen molar-refractivity contribution in [2.24, 2.45) is 5.73 Å². The molecule has 0 atom stereocenters. The lowest BCUT2D eigenvalue weighted by Gasteiger charge is -2.08. The third kappa shape index (κ3) is 2.12. The lowest BCUT2D eigenvalue weighted by atomic mass is 10.2. The Labute approximate surface area is 79.7 Å². The predicted molar refractivity (Wildman–Crippen MR) is 51.5 cm³/mol. The average molecular weight is 202 g/mol. The minimum absolute atomic E-state index is 0.0223. The Balaban J connectivity index is 3.10. The summed E-state index contributed by atoms with van der Waals surface area (Å²) in [6.45, 7) is 1.44. The monoisotopic (exact) mass is 202 g/mol. The number of anilines is 1. The van der Waals surface area contributed by atoms with E-state index in [1.807, 2.05) is 0 Å². The van der Waals surface area contributed by atoms with E-state index in [1.165, 1.54) is 13.0 Å². The minimum atomic E-state index is -0.888. The van der Waals surface area contributed by atoms with Crippen molar-refractivity contribution in [3.63, 3.8) is 0 Å². The number of nitrogens with one attached hydrogen (secondary N) is 1. The lowest BCUT2D eigenvalue weighted by molar-refractivity contribution is 0.504. The Hall–Kier alpha value is -1.23. The molecule has 0 fully saturated rings. The highest BCUT2D eigenvalue weighted by molar-refractivity contribution is 7.80. The van der Waals surface area contributed by atoms with Crippen LogP contribution in [0.25, 0.3) is 0 Å². The van der Waals surface area contributed by atoms with Gasteiger partial charge in [0.25, 0.3) is 0 Å². The summed E-state index contributed by atoms with van der Waals surface area (Å²) in [4.78, 5) is 0. The highest BCUT2D eigenvalue weighted by atomic mass is 32.1. The van der Waals surface area contributed by atoms with Crippen molar-refractivity contribution >= 4 is 23.0 Å². The van der Waals surface area contributed by atoms with E-state index in [4.69, 9.17) is 5.73 Å². The molecule has 0 amide bonds. The Morgan fingerprint density at radius 1 is 1.46 bits per heavy atom. The number of halogens is 2. The van der Waals surface area contributed by atoms with Crippen LogP contribution >= 0.6 is 12.2 Å². The molecule has 0 aliphatic carbocycles. The summed E-state index contributed by atoms with van der Waals surface area (Å²) in [6, 6.07) is 2.40. The molecule has 1 aromatic rings. The number of thiocarbonyl (C=S) groups is 1. The molecule has 0 heterocycles. The van der Waals surface area contributed by atoms with E-state index in [1.54, 1.807) is 0 Å². The molecule has 0 aromatic heterocycles. The van der Waals surface area contributed by atoms with Crippen molar-refractivity contribution in [1.82, 2.24) is 0 Å². The molecular weight excluding hydrogens is 194 g/mol. The van der Waals surface area contributed by atoms with Gasteiger partial charge in [0.05, 0.1) is 0 Å². The van der Waals surface area contributed by atoms with Crippen LogP contribution in [0.15, 0.2) is 12.1 Å². The molecule has 70 valence electrons. The molecule has 5 heteroatoms. The van der Waals surface area contributed by atoms with Crippen molar-refractivity contribution in [2.45, 2.75) is 6.92 Å². The molecule has 0 aliphatic rings. The van der Waals surface area contributed by atoms with Crippen molar-refractivity contribution in [2.75, 3.05) is 5.32 Å². The van der Waals surface area contributed by atoms with Gasteiger partial charge in [0.2, 0.25) is 0 Å². The van der Waals surface area contributed by atoms with E-state index < -0.39 is 11.6 Å². The van der Waals surface area contributed by atoms with E-state index in [-0.39, 0.29) is 10.7 Å². The quantitative estimate of drug-likeness (QED) is 0.683. The molecule has 1 aromatic carbocycles. The zero-order chi connectivity index (χ0) is 10.0. The van der Waals surface area contributed by atoms with Crippen LogP contribution in [0, 0.1) is 18.6 Å². The number of rotatable bonds is 1. The molecule has 0 spiro atoms. The first-order valence-electron chi connectivity index (χ1n) is 3.53. The second-order valence-corrected chi connectivity index (χ2v) is 2.96. The number of benzene rings is 1. The summed E-state index contributed by atoms with van der Waals surface area (Å²) in [6.07, 6.45) is 0. The van der Waals surface area contributed by atoms with Gasteiger partial charge >= 0.3 is 0 Å². The summed E-state index contributed by atoms with van der Waals surface area (Å²) < 4.78 is 25.6. The van der Waals surface area contributed by atoms with Crippen LogP contribution in [-0.4, -0.2) is 5.11 Å². The van der Waals surface area contributed by atoms with E-state index >= 15 is 0 Å². The van der Waals surface area contributed by atoms with Crippen LogP contribution in [0.1, 0.15) is 5.56 Å². The first-order chi connectivity index (χ1) is 6.02. The first-order valence-corrected chi connectivity index (χ1v) is 3.94. The van der Waals surface area contributed by atoms with Gasteiger partial charge in [-0.25, -0.2) is 8.78 Å². The van der Waals surface area contributed by atoms with Crippen LogP contribution in [0.3, 0.4) is 0 Å². The molecule has 0 bridgehead atoms. The Bertz CT molecular complexity index is 352. The van der Waals surface area contributed by atoms with Crippen LogP contribution in [0.5, 0.6) is 0 Å². The summed E-state index contributed by atoms with van der Waals surface area (Å²) >= 11 is 4.56. The van der Waals surface area contributed by atoms with Crippen molar-refractivity contribution in [3.8, 4) is 0 Å². The van der Waals surface area contributed by atoms with E-state index in [9.17, 15) is 8.78 Å². The summed E-state index contributed by atoms with van der Waals surface area (Å²) in [7, 11) is 0. The number of nitrogens with two attached hydrogens (primary N) is 1. The molecule has 2 nitrogen and oxygen atoms in total. The van der Waals surface area contributed by atoms with Gasteiger partial charge in [-0.1, -0.05) is 0 Å². The minimum Gasteiger partial charge on any atom is -0.376 e. The maximum absolute atomic E-state index is 12.9. The fraction of sp³-hybridized carbons (Fsp3) is 0.125. The standard InChI is InChI=1S/C8H8F2N2S/c1-4-6(12-8(11)13)3-2-5(9)7(4)10/h2-3H,1H3,(H3,11,12,13). The zero-order valence-corrected chi connectivity index (χ0v) is 7.71. The van der Waals surface area contributed by atoms with Gasteiger partial charge in [-0.2, -0.15) is 0 Å². The fourth-order valence-electron chi connectivity index (χ4n) is 0.920. The Morgan fingerprint density at radius 2 is 2.08 bits per heavy atom. The fourth-order valence-corrected chi connectivity index (χ4v) is 1.03. The maximum atomic E-state index is 12.9. The van der Waals surface area contributed by atoms with Gasteiger partial charge in [-0.15, -0.1) is 0 Å². The van der Waals surface area contributed by atoms with Crippen molar-refractivity contribution in [1.29, 1.82) is 0 Å². The number of hydrogen-bond donors (Lipinski definition) is 2. The van der Waals surface area contributed by atoms with Gasteiger partial charge in [0.1, 0.15) is 0 Å². The smallest absolute Gasteiger partial charge is 0.168 e. The summed E-state index contributed by atoms with van der Waals surface area (Å²) in [5.41, 5.74) is 5.73. The maximum Gasteiger partial charge on any atom is 0.168 e.